The minimum Gasteiger partial charge on any atom is -0.493 e. The summed E-state index contributed by atoms with van der Waals surface area (Å²) in [5.41, 5.74) is 0.180. The van der Waals surface area contributed by atoms with E-state index in [1.807, 2.05) is 26.0 Å². The van der Waals surface area contributed by atoms with Gasteiger partial charge in [-0.25, -0.2) is 9.59 Å². The van der Waals surface area contributed by atoms with E-state index >= 15 is 0 Å². The van der Waals surface area contributed by atoms with Crippen LogP contribution in [0.1, 0.15) is 39.2 Å². The number of carboxylic acids is 1. The van der Waals surface area contributed by atoms with Gasteiger partial charge in [-0.05, 0) is 45.4 Å². The number of carboxylic acid groups (broad SMARTS) is 1. The Morgan fingerprint density at radius 3 is 2.48 bits per heavy atom. The van der Waals surface area contributed by atoms with Crippen molar-refractivity contribution in [3.8, 4) is 11.5 Å². The lowest BCUT2D eigenvalue weighted by atomic mass is 9.80. The molecular weight excluding hydrogens is 572 g/mol. The number of methoxy groups -OCH3 is 1. The summed E-state index contributed by atoms with van der Waals surface area (Å²) in [5.74, 6) is -2.00. The Morgan fingerprint density at radius 2 is 1.84 bits per heavy atom. The normalized spacial score (nSPS) is 15.8. The van der Waals surface area contributed by atoms with Crippen molar-refractivity contribution in [1.29, 1.82) is 0 Å². The number of hydrogen-bond donors (Lipinski definition) is 5. The van der Waals surface area contributed by atoms with Crippen LogP contribution in [0, 0.1) is 10.1 Å². The third-order valence-electron chi connectivity index (χ3n) is 6.97. The van der Waals surface area contributed by atoms with E-state index in [0.29, 0.717) is 29.4 Å². The number of nitrogens with zero attached hydrogens (tertiary/aromatic N) is 1. The number of nitro benzene ring substituents is 1. The van der Waals surface area contributed by atoms with Gasteiger partial charge in [0, 0.05) is 48.7 Å². The molecule has 1 aliphatic rings. The number of carbonyl (C=O) groups excluding carboxylic acids is 1. The number of esters is 1. The van der Waals surface area contributed by atoms with Crippen molar-refractivity contribution in [2.75, 3.05) is 40.0 Å². The van der Waals surface area contributed by atoms with E-state index in [-0.39, 0.29) is 48.7 Å². The van der Waals surface area contributed by atoms with Gasteiger partial charge in [0.05, 0.1) is 35.7 Å². The van der Waals surface area contributed by atoms with Gasteiger partial charge in [-0.1, -0.05) is 24.3 Å². The maximum atomic E-state index is 13.3. The summed E-state index contributed by atoms with van der Waals surface area (Å²) in [5, 5.41) is 41.7. The number of aliphatic carboxylic acids is 1. The molecule has 2 aromatic rings. The van der Waals surface area contributed by atoms with E-state index in [1.165, 1.54) is 18.2 Å². The van der Waals surface area contributed by atoms with Gasteiger partial charge in [-0.3, -0.25) is 10.1 Å². The fraction of sp³-hybridized carbons (Fsp3) is 0.419. The molecule has 0 fully saturated rings. The monoisotopic (exact) mass is 612 g/mol. The molecule has 3 rings (SSSR count). The fourth-order valence-corrected chi connectivity index (χ4v) is 4.86. The molecule has 1 aliphatic heterocycles. The summed E-state index contributed by atoms with van der Waals surface area (Å²) in [6.07, 6.45) is -0.810. The van der Waals surface area contributed by atoms with Crippen LogP contribution in [0.25, 0.3) is 0 Å². The molecule has 0 radical (unpaired) electrons. The number of aliphatic hydroxyl groups excluding tert-OH is 1. The van der Waals surface area contributed by atoms with Crippen molar-refractivity contribution in [1.82, 2.24) is 16.0 Å². The summed E-state index contributed by atoms with van der Waals surface area (Å²) in [6, 6.07) is 12.7. The topological polar surface area (TPSA) is 182 Å². The van der Waals surface area contributed by atoms with Crippen LogP contribution in [-0.4, -0.2) is 78.7 Å². The smallest absolute Gasteiger partial charge is 0.336 e. The summed E-state index contributed by atoms with van der Waals surface area (Å²) in [7, 11) is 1.54. The predicted molar refractivity (Wildman–Crippen MR) is 162 cm³/mol. The summed E-state index contributed by atoms with van der Waals surface area (Å²) in [6.45, 7) is 7.94. The average Bonchev–Trinajstić information content (AvgIpc) is 2.98. The predicted octanol–water partition coefficient (Wildman–Crippen LogP) is 2.86. The van der Waals surface area contributed by atoms with Crippen molar-refractivity contribution < 1.29 is 38.9 Å². The number of allylic oxidation sites excluding steroid dienone is 1. The number of benzene rings is 2. The second kappa shape index (κ2) is 15.3. The van der Waals surface area contributed by atoms with Crippen LogP contribution in [0.2, 0.25) is 0 Å². The van der Waals surface area contributed by atoms with Gasteiger partial charge >= 0.3 is 11.9 Å². The molecule has 2 atom stereocenters. The molecule has 0 spiro atoms. The summed E-state index contributed by atoms with van der Waals surface area (Å²) < 4.78 is 16.3. The molecule has 13 heteroatoms. The average molecular weight is 613 g/mol. The second-order valence-electron chi connectivity index (χ2n) is 10.9. The van der Waals surface area contributed by atoms with E-state index in [2.05, 4.69) is 16.0 Å². The molecule has 13 nitrogen and oxygen atoms in total. The van der Waals surface area contributed by atoms with E-state index in [4.69, 9.17) is 14.2 Å². The van der Waals surface area contributed by atoms with Crippen LogP contribution in [0.15, 0.2) is 71.1 Å². The Morgan fingerprint density at radius 1 is 1.14 bits per heavy atom. The van der Waals surface area contributed by atoms with Gasteiger partial charge in [0.2, 0.25) is 0 Å². The molecule has 0 saturated heterocycles. The van der Waals surface area contributed by atoms with Crippen LogP contribution in [0.5, 0.6) is 11.5 Å². The zero-order valence-corrected chi connectivity index (χ0v) is 25.5. The number of aliphatic hydroxyl groups is 1. The summed E-state index contributed by atoms with van der Waals surface area (Å²) >= 11 is 0. The molecule has 0 saturated carbocycles. The van der Waals surface area contributed by atoms with Crippen molar-refractivity contribution in [3.63, 3.8) is 0 Å². The van der Waals surface area contributed by atoms with E-state index in [9.17, 15) is 29.9 Å². The largest absolute Gasteiger partial charge is 0.493 e. The first-order chi connectivity index (χ1) is 20.9. The van der Waals surface area contributed by atoms with Crippen LogP contribution in [0.3, 0.4) is 0 Å². The van der Waals surface area contributed by atoms with E-state index in [1.54, 1.807) is 39.2 Å². The highest BCUT2D eigenvalue weighted by Crippen LogP contribution is 2.39. The van der Waals surface area contributed by atoms with Crippen molar-refractivity contribution in [3.05, 3.63) is 86.7 Å². The van der Waals surface area contributed by atoms with Crippen LogP contribution in [0.4, 0.5) is 5.69 Å². The first-order valence-corrected chi connectivity index (χ1v) is 14.1. The number of non-ortho nitro benzene ring substituents is 1. The van der Waals surface area contributed by atoms with Gasteiger partial charge in [-0.15, -0.1) is 0 Å². The van der Waals surface area contributed by atoms with E-state index in [0.717, 1.165) is 0 Å². The number of ether oxygens (including phenoxy) is 3. The zero-order chi connectivity index (χ0) is 32.4. The van der Waals surface area contributed by atoms with Gasteiger partial charge in [0.1, 0.15) is 12.7 Å². The van der Waals surface area contributed by atoms with Gasteiger partial charge < -0.3 is 40.4 Å². The Balaban J connectivity index is 1.75. The molecule has 0 amide bonds. The molecule has 0 aliphatic carbocycles. The molecule has 5 N–H and O–H groups in total. The third kappa shape index (κ3) is 8.78. The minimum absolute atomic E-state index is 0.0488. The number of nitrogens with one attached hydrogen (secondary N) is 3. The standard InChI is InChI=1S/C31H40N4O9/c1-6-43-30(39)28-23(34-19(2)26(29(37)38)27(28)20-10-9-11-21(14-20)35(40)41)16-32-18-31(3,4)33-15-22(36)17-44-25-13-8-7-12-24(25)42-5/h7-14,22,27,32-34,36H,6,15-18H2,1-5H3,(H,37,38). The number of rotatable bonds is 16. The summed E-state index contributed by atoms with van der Waals surface area (Å²) in [4.78, 5) is 36.5. The molecule has 238 valence electrons. The first-order valence-electron chi connectivity index (χ1n) is 14.1. The maximum Gasteiger partial charge on any atom is 0.336 e. The number of nitro groups is 1. The third-order valence-corrected chi connectivity index (χ3v) is 6.97. The molecule has 44 heavy (non-hydrogen) atoms. The van der Waals surface area contributed by atoms with Gasteiger partial charge in [-0.2, -0.15) is 0 Å². The molecule has 0 aromatic heterocycles. The van der Waals surface area contributed by atoms with Gasteiger partial charge in [0.15, 0.2) is 11.5 Å². The highest BCUT2D eigenvalue weighted by atomic mass is 16.6. The van der Waals surface area contributed by atoms with Crippen molar-refractivity contribution >= 4 is 17.6 Å². The Labute approximate surface area is 256 Å². The highest BCUT2D eigenvalue weighted by molar-refractivity contribution is 5.99. The lowest BCUT2D eigenvalue weighted by Gasteiger charge is -2.32. The van der Waals surface area contributed by atoms with E-state index < -0.39 is 34.4 Å². The fourth-order valence-electron chi connectivity index (χ4n) is 4.86. The SMILES string of the molecule is CCOC(=O)C1=C(CNCC(C)(C)NCC(O)COc2ccccc2OC)NC(C)=C(C(=O)O)C1c1cccc([N+](=O)[O-])c1. The first kappa shape index (κ1) is 34.0. The van der Waals surface area contributed by atoms with Crippen molar-refractivity contribution in [2.45, 2.75) is 45.3 Å². The number of carbonyl (C=O) groups is 2. The van der Waals surface area contributed by atoms with Gasteiger partial charge in [0.25, 0.3) is 5.69 Å². The Hall–Kier alpha value is -4.46. The van der Waals surface area contributed by atoms with Crippen molar-refractivity contribution in [2.24, 2.45) is 0 Å². The zero-order valence-electron chi connectivity index (χ0n) is 25.5. The number of dihydropyridines is 1. The van der Waals surface area contributed by atoms with Crippen LogP contribution in [-0.2, 0) is 14.3 Å². The molecule has 2 aromatic carbocycles. The second-order valence-corrected chi connectivity index (χ2v) is 10.9. The Bertz CT molecular complexity index is 1420. The molecule has 2 unspecified atom stereocenters. The quantitative estimate of drug-likeness (QED) is 0.106. The van der Waals surface area contributed by atoms with Crippen LogP contribution < -0.4 is 25.4 Å². The molecule has 0 bridgehead atoms. The molecule has 1 heterocycles. The number of para-hydroxylation sites is 2. The number of hydrogen-bond acceptors (Lipinski definition) is 11. The number of β-amino-alcohol motifs (C(OH)–C–C–N with tert-alkyl or cyclic N) is 1. The van der Waals surface area contributed by atoms with Crippen LogP contribution >= 0.6 is 0 Å². The lowest BCUT2D eigenvalue weighted by Crippen LogP contribution is -2.51. The Kier molecular flexibility index (Phi) is 11.9. The lowest BCUT2D eigenvalue weighted by molar-refractivity contribution is -0.384. The molecular formula is C31H40N4O9. The maximum absolute atomic E-state index is 13.3. The minimum atomic E-state index is -1.26. The highest BCUT2D eigenvalue weighted by Gasteiger charge is 2.38.